The number of nitrogens with zero attached hydrogens (tertiary/aromatic N) is 1. The van der Waals surface area contributed by atoms with Crippen LogP contribution in [0.15, 0.2) is 24.3 Å². The van der Waals surface area contributed by atoms with Crippen molar-refractivity contribution in [1.82, 2.24) is 0 Å². The zero-order chi connectivity index (χ0) is 15.3. The van der Waals surface area contributed by atoms with Gasteiger partial charge in [-0.1, -0.05) is 44.2 Å². The second-order valence-electron chi connectivity index (χ2n) is 5.95. The topological polar surface area (TPSA) is 80.4 Å². The zero-order valence-electron chi connectivity index (χ0n) is 12.1. The molecule has 1 aromatic rings. The number of carboxylic acid groups (broad SMARTS) is 1. The first-order valence-electron chi connectivity index (χ1n) is 7.50. The second kappa shape index (κ2) is 6.70. The Morgan fingerprint density at radius 2 is 1.62 bits per heavy atom. The fourth-order valence-corrected chi connectivity index (χ4v) is 3.17. The minimum Gasteiger partial charge on any atom is -0.481 e. The second-order valence-corrected chi connectivity index (χ2v) is 5.95. The number of nitro benzene ring substituents is 1. The first-order valence-corrected chi connectivity index (χ1v) is 7.50. The van der Waals surface area contributed by atoms with Crippen LogP contribution in [0.1, 0.15) is 50.5 Å². The number of benzene rings is 1. The van der Waals surface area contributed by atoms with E-state index in [-0.39, 0.29) is 5.69 Å². The molecule has 1 N–H and O–H groups in total. The van der Waals surface area contributed by atoms with Crippen LogP contribution < -0.4 is 0 Å². The maximum atomic E-state index is 11.8. The molecular weight excluding hydrogens is 270 g/mol. The molecule has 1 aliphatic carbocycles. The lowest BCUT2D eigenvalue weighted by Crippen LogP contribution is -2.34. The van der Waals surface area contributed by atoms with Gasteiger partial charge < -0.3 is 5.11 Å². The molecule has 0 aromatic heterocycles. The van der Waals surface area contributed by atoms with Crippen molar-refractivity contribution in [2.45, 2.75) is 51.4 Å². The molecule has 0 heterocycles. The van der Waals surface area contributed by atoms with E-state index in [0.29, 0.717) is 19.3 Å². The van der Waals surface area contributed by atoms with Gasteiger partial charge in [0.2, 0.25) is 0 Å². The van der Waals surface area contributed by atoms with Gasteiger partial charge in [0.15, 0.2) is 0 Å². The van der Waals surface area contributed by atoms with Gasteiger partial charge in [-0.2, -0.15) is 0 Å². The summed E-state index contributed by atoms with van der Waals surface area (Å²) < 4.78 is 0. The highest BCUT2D eigenvalue weighted by Crippen LogP contribution is 2.38. The van der Waals surface area contributed by atoms with E-state index in [1.54, 1.807) is 12.1 Å². The fourth-order valence-electron chi connectivity index (χ4n) is 3.17. The number of nitro groups is 1. The van der Waals surface area contributed by atoms with Gasteiger partial charge in [0.1, 0.15) is 0 Å². The summed E-state index contributed by atoms with van der Waals surface area (Å²) in [5.74, 6) is -0.734. The predicted molar refractivity (Wildman–Crippen MR) is 79.2 cm³/mol. The lowest BCUT2D eigenvalue weighted by molar-refractivity contribution is -0.384. The molecule has 0 atom stereocenters. The summed E-state index contributed by atoms with van der Waals surface area (Å²) in [4.78, 5) is 22.0. The van der Waals surface area contributed by atoms with Crippen molar-refractivity contribution in [2.24, 2.45) is 5.41 Å². The molecule has 114 valence electrons. The Bertz CT molecular complexity index is 502. The monoisotopic (exact) mass is 291 g/mol. The van der Waals surface area contributed by atoms with Crippen molar-refractivity contribution in [2.75, 3.05) is 0 Å². The molecule has 5 heteroatoms. The fraction of sp³-hybridized carbons (Fsp3) is 0.562. The van der Waals surface area contributed by atoms with Crippen molar-refractivity contribution in [3.63, 3.8) is 0 Å². The Hall–Kier alpha value is -1.91. The summed E-state index contributed by atoms with van der Waals surface area (Å²) in [6.45, 7) is 0. The van der Waals surface area contributed by atoms with Gasteiger partial charge in [-0.3, -0.25) is 14.9 Å². The lowest BCUT2D eigenvalue weighted by Gasteiger charge is -2.31. The smallest absolute Gasteiger partial charge is 0.309 e. The highest BCUT2D eigenvalue weighted by atomic mass is 16.6. The van der Waals surface area contributed by atoms with E-state index in [1.165, 1.54) is 18.6 Å². The van der Waals surface area contributed by atoms with E-state index in [0.717, 1.165) is 31.2 Å². The summed E-state index contributed by atoms with van der Waals surface area (Å²) >= 11 is 0. The van der Waals surface area contributed by atoms with Crippen molar-refractivity contribution < 1.29 is 14.8 Å². The Morgan fingerprint density at radius 3 is 2.10 bits per heavy atom. The molecule has 1 saturated carbocycles. The van der Waals surface area contributed by atoms with E-state index < -0.39 is 16.3 Å². The summed E-state index contributed by atoms with van der Waals surface area (Å²) in [7, 11) is 0. The van der Waals surface area contributed by atoms with Crippen LogP contribution in [0.25, 0.3) is 0 Å². The summed E-state index contributed by atoms with van der Waals surface area (Å²) in [5, 5.41) is 20.4. The van der Waals surface area contributed by atoms with Crippen LogP contribution in [0.3, 0.4) is 0 Å². The minimum absolute atomic E-state index is 0.0424. The third-order valence-corrected chi connectivity index (χ3v) is 4.45. The van der Waals surface area contributed by atoms with Crippen LogP contribution in [0.4, 0.5) is 5.69 Å². The maximum Gasteiger partial charge on any atom is 0.309 e. The SMILES string of the molecule is O=C(O)C1(Cc2ccc([N+](=O)[O-])cc2)CCCCCCC1. The molecule has 21 heavy (non-hydrogen) atoms. The predicted octanol–water partition coefficient (Wildman–Crippen LogP) is 3.95. The first kappa shape index (κ1) is 15.5. The van der Waals surface area contributed by atoms with Crippen LogP contribution in [-0.4, -0.2) is 16.0 Å². The average Bonchev–Trinajstić information content (AvgIpc) is 2.42. The molecule has 0 spiro atoms. The van der Waals surface area contributed by atoms with Crippen LogP contribution in [-0.2, 0) is 11.2 Å². The number of carbonyl (C=O) groups is 1. The van der Waals surface area contributed by atoms with Crippen LogP contribution in [0.5, 0.6) is 0 Å². The third kappa shape index (κ3) is 3.80. The van der Waals surface area contributed by atoms with Gasteiger partial charge in [-0.25, -0.2) is 0 Å². The Morgan fingerprint density at radius 1 is 1.10 bits per heavy atom. The Labute approximate surface area is 124 Å². The van der Waals surface area contributed by atoms with Crippen LogP contribution in [0, 0.1) is 15.5 Å². The standard InChI is InChI=1S/C16H21NO4/c18-15(19)16(10-4-2-1-3-5-11-16)12-13-6-8-14(9-7-13)17(20)21/h6-9H,1-5,10-12H2,(H,18,19). The normalized spacial score (nSPS) is 18.5. The number of non-ortho nitro benzene ring substituents is 1. The van der Waals surface area contributed by atoms with Gasteiger partial charge in [0.25, 0.3) is 5.69 Å². The molecule has 5 nitrogen and oxygen atoms in total. The summed E-state index contributed by atoms with van der Waals surface area (Å²) in [6, 6.07) is 6.27. The Balaban J connectivity index is 2.18. The lowest BCUT2D eigenvalue weighted by atomic mass is 9.72. The third-order valence-electron chi connectivity index (χ3n) is 4.45. The highest BCUT2D eigenvalue weighted by molar-refractivity contribution is 5.75. The largest absolute Gasteiger partial charge is 0.481 e. The molecule has 1 fully saturated rings. The summed E-state index contributed by atoms with van der Waals surface area (Å²) in [6.07, 6.45) is 7.11. The number of rotatable bonds is 4. The Kier molecular flexibility index (Phi) is 4.94. The highest BCUT2D eigenvalue weighted by Gasteiger charge is 2.38. The molecule has 0 radical (unpaired) electrons. The van der Waals surface area contributed by atoms with Gasteiger partial charge in [0.05, 0.1) is 10.3 Å². The first-order chi connectivity index (χ1) is 10.0. The molecule has 0 saturated heterocycles. The minimum atomic E-state index is -0.734. The number of aliphatic carboxylic acids is 1. The number of hydrogen-bond donors (Lipinski definition) is 1. The quantitative estimate of drug-likeness (QED) is 0.672. The van der Waals surface area contributed by atoms with E-state index in [9.17, 15) is 20.0 Å². The van der Waals surface area contributed by atoms with E-state index >= 15 is 0 Å². The van der Waals surface area contributed by atoms with Crippen molar-refractivity contribution in [3.05, 3.63) is 39.9 Å². The average molecular weight is 291 g/mol. The van der Waals surface area contributed by atoms with E-state index in [4.69, 9.17) is 0 Å². The van der Waals surface area contributed by atoms with Crippen LogP contribution >= 0.6 is 0 Å². The van der Waals surface area contributed by atoms with E-state index in [1.807, 2.05) is 0 Å². The molecule has 0 unspecified atom stereocenters. The molecule has 1 aromatic carbocycles. The number of hydrogen-bond acceptors (Lipinski definition) is 3. The summed E-state index contributed by atoms with van der Waals surface area (Å²) in [5.41, 5.74) is 0.195. The number of carboxylic acids is 1. The maximum absolute atomic E-state index is 11.8. The molecule has 0 aliphatic heterocycles. The van der Waals surface area contributed by atoms with E-state index in [2.05, 4.69) is 0 Å². The van der Waals surface area contributed by atoms with Gasteiger partial charge in [-0.05, 0) is 24.8 Å². The zero-order valence-corrected chi connectivity index (χ0v) is 12.1. The van der Waals surface area contributed by atoms with Gasteiger partial charge in [0, 0.05) is 12.1 Å². The van der Waals surface area contributed by atoms with Crippen molar-refractivity contribution >= 4 is 11.7 Å². The van der Waals surface area contributed by atoms with Crippen molar-refractivity contribution in [3.8, 4) is 0 Å². The molecule has 1 aliphatic rings. The van der Waals surface area contributed by atoms with Gasteiger partial charge in [-0.15, -0.1) is 0 Å². The van der Waals surface area contributed by atoms with Crippen LogP contribution in [0.2, 0.25) is 0 Å². The molecule has 0 bridgehead atoms. The molecular formula is C16H21NO4. The van der Waals surface area contributed by atoms with Crippen molar-refractivity contribution in [1.29, 1.82) is 0 Å². The molecule has 0 amide bonds. The molecule has 2 rings (SSSR count). The van der Waals surface area contributed by atoms with Gasteiger partial charge >= 0.3 is 5.97 Å².